The van der Waals surface area contributed by atoms with Gasteiger partial charge in [-0.15, -0.1) is 0 Å². The van der Waals surface area contributed by atoms with E-state index in [0.29, 0.717) is 6.54 Å². The van der Waals surface area contributed by atoms with Crippen LogP contribution in [0.2, 0.25) is 0 Å². The third kappa shape index (κ3) is 2.01. The summed E-state index contributed by atoms with van der Waals surface area (Å²) in [6, 6.07) is 4.18. The maximum atomic E-state index is 11.7. The number of halogens is 1. The van der Waals surface area contributed by atoms with Crippen molar-refractivity contribution >= 4 is 34.2 Å². The monoisotopic (exact) mass is 343 g/mol. The maximum absolute atomic E-state index is 11.7. The lowest BCUT2D eigenvalue weighted by Crippen LogP contribution is -2.43. The molecule has 0 bridgehead atoms. The van der Waals surface area contributed by atoms with Gasteiger partial charge in [-0.25, -0.2) is 0 Å². The lowest BCUT2D eigenvalue weighted by atomic mass is 10.1. The fraction of sp³-hybridized carbons (Fsp3) is 0.417. The first kappa shape index (κ1) is 11.3. The average molecular weight is 343 g/mol. The Hall–Kier alpha value is -0.820. The first-order chi connectivity index (χ1) is 8.25. The van der Waals surface area contributed by atoms with Crippen molar-refractivity contribution in [2.45, 2.75) is 6.54 Å². The van der Waals surface area contributed by atoms with E-state index in [2.05, 4.69) is 44.2 Å². The Kier molecular flexibility index (Phi) is 2.96. The van der Waals surface area contributed by atoms with Gasteiger partial charge in [0.15, 0.2) is 0 Å². The minimum absolute atomic E-state index is 0.0628. The van der Waals surface area contributed by atoms with E-state index in [-0.39, 0.29) is 5.91 Å². The van der Waals surface area contributed by atoms with Crippen LogP contribution in [0.15, 0.2) is 12.1 Å². The molecule has 0 saturated carbocycles. The zero-order valence-electron chi connectivity index (χ0n) is 9.42. The van der Waals surface area contributed by atoms with Crippen LogP contribution in [0.4, 0.5) is 5.69 Å². The number of piperazine rings is 1. The number of nitrogens with zero attached hydrogens (tertiary/aromatic N) is 1. The molecule has 4 nitrogen and oxygen atoms in total. The zero-order valence-corrected chi connectivity index (χ0v) is 11.6. The van der Waals surface area contributed by atoms with Gasteiger partial charge in [0.2, 0.25) is 0 Å². The molecule has 0 spiro atoms. The number of rotatable bonds is 1. The molecule has 1 saturated heterocycles. The Morgan fingerprint density at radius 2 is 2.00 bits per heavy atom. The van der Waals surface area contributed by atoms with Crippen LogP contribution < -0.4 is 15.5 Å². The van der Waals surface area contributed by atoms with Gasteiger partial charge >= 0.3 is 0 Å². The second-order valence-electron chi connectivity index (χ2n) is 4.38. The van der Waals surface area contributed by atoms with Gasteiger partial charge in [0.05, 0.1) is 5.69 Å². The fourth-order valence-corrected chi connectivity index (χ4v) is 3.25. The van der Waals surface area contributed by atoms with Crippen molar-refractivity contribution in [1.82, 2.24) is 10.6 Å². The van der Waals surface area contributed by atoms with Crippen LogP contribution in [0.3, 0.4) is 0 Å². The van der Waals surface area contributed by atoms with Crippen LogP contribution in [-0.4, -0.2) is 32.1 Å². The SMILES string of the molecule is O=C1NCc2cc(I)c(N3CCNCC3)cc21. The average Bonchev–Trinajstić information content (AvgIpc) is 2.70. The molecule has 2 heterocycles. The molecule has 0 aromatic heterocycles. The largest absolute Gasteiger partial charge is 0.368 e. The summed E-state index contributed by atoms with van der Waals surface area (Å²) < 4.78 is 1.24. The molecule has 90 valence electrons. The quantitative estimate of drug-likeness (QED) is 0.747. The summed E-state index contributed by atoms with van der Waals surface area (Å²) >= 11 is 2.36. The topological polar surface area (TPSA) is 44.4 Å². The molecule has 0 aliphatic carbocycles. The van der Waals surface area contributed by atoms with E-state index >= 15 is 0 Å². The lowest BCUT2D eigenvalue weighted by Gasteiger charge is -2.30. The summed E-state index contributed by atoms with van der Waals surface area (Å²) in [6.45, 7) is 4.72. The van der Waals surface area contributed by atoms with E-state index in [0.717, 1.165) is 37.3 Å². The summed E-state index contributed by atoms with van der Waals surface area (Å²) in [5, 5.41) is 6.21. The predicted molar refractivity (Wildman–Crippen MR) is 75.4 cm³/mol. The molecule has 1 aromatic carbocycles. The van der Waals surface area contributed by atoms with E-state index in [4.69, 9.17) is 0 Å². The van der Waals surface area contributed by atoms with E-state index in [9.17, 15) is 4.79 Å². The highest BCUT2D eigenvalue weighted by Gasteiger charge is 2.22. The molecule has 0 atom stereocenters. The Morgan fingerprint density at radius 1 is 1.24 bits per heavy atom. The molecule has 2 aliphatic heterocycles. The van der Waals surface area contributed by atoms with Gasteiger partial charge in [-0.2, -0.15) is 0 Å². The summed E-state index contributed by atoms with van der Waals surface area (Å²) in [6.07, 6.45) is 0. The Bertz CT molecular complexity index is 469. The van der Waals surface area contributed by atoms with Crippen LogP contribution in [0.1, 0.15) is 15.9 Å². The number of carbonyl (C=O) groups is 1. The number of amides is 1. The van der Waals surface area contributed by atoms with E-state index in [1.165, 1.54) is 9.26 Å². The highest BCUT2D eigenvalue weighted by Crippen LogP contribution is 2.29. The minimum atomic E-state index is 0.0628. The first-order valence-corrected chi connectivity index (χ1v) is 6.90. The highest BCUT2D eigenvalue weighted by atomic mass is 127. The molecule has 0 unspecified atom stereocenters. The van der Waals surface area contributed by atoms with Crippen LogP contribution in [-0.2, 0) is 6.54 Å². The fourth-order valence-electron chi connectivity index (χ4n) is 2.38. The zero-order chi connectivity index (χ0) is 11.8. The summed E-state index contributed by atoms with van der Waals surface area (Å²) in [7, 11) is 0. The third-order valence-electron chi connectivity index (χ3n) is 3.31. The number of fused-ring (bicyclic) bond motifs is 1. The van der Waals surface area contributed by atoms with Gasteiger partial charge in [0.1, 0.15) is 0 Å². The van der Waals surface area contributed by atoms with Crippen molar-refractivity contribution in [2.24, 2.45) is 0 Å². The van der Waals surface area contributed by atoms with Gasteiger partial charge in [-0.05, 0) is 40.3 Å². The van der Waals surface area contributed by atoms with Crippen LogP contribution >= 0.6 is 22.6 Å². The Labute approximate surface area is 114 Å². The highest BCUT2D eigenvalue weighted by molar-refractivity contribution is 14.1. The molecule has 5 heteroatoms. The third-order valence-corrected chi connectivity index (χ3v) is 4.18. The number of hydrogen-bond donors (Lipinski definition) is 2. The van der Waals surface area contributed by atoms with Crippen molar-refractivity contribution < 1.29 is 4.79 Å². The second kappa shape index (κ2) is 4.45. The van der Waals surface area contributed by atoms with Crippen molar-refractivity contribution in [3.05, 3.63) is 26.8 Å². The van der Waals surface area contributed by atoms with E-state index in [1.807, 2.05) is 6.07 Å². The molecule has 3 rings (SSSR count). The van der Waals surface area contributed by atoms with Crippen molar-refractivity contribution in [1.29, 1.82) is 0 Å². The van der Waals surface area contributed by atoms with E-state index < -0.39 is 0 Å². The van der Waals surface area contributed by atoms with Gasteiger partial charge < -0.3 is 15.5 Å². The number of nitrogens with one attached hydrogen (secondary N) is 2. The molecule has 17 heavy (non-hydrogen) atoms. The van der Waals surface area contributed by atoms with Crippen molar-refractivity contribution in [3.8, 4) is 0 Å². The number of anilines is 1. The Morgan fingerprint density at radius 3 is 2.76 bits per heavy atom. The standard InChI is InChI=1S/C12H14IN3O/c13-10-5-8-7-15-12(17)9(8)6-11(10)16-3-1-14-2-4-16/h5-6,14H,1-4,7H2,(H,15,17). The van der Waals surface area contributed by atoms with Gasteiger partial charge in [-0.3, -0.25) is 4.79 Å². The van der Waals surface area contributed by atoms with Crippen LogP contribution in [0, 0.1) is 3.57 Å². The first-order valence-electron chi connectivity index (χ1n) is 5.82. The van der Waals surface area contributed by atoms with Crippen molar-refractivity contribution in [3.63, 3.8) is 0 Å². The molecular formula is C12H14IN3O. The lowest BCUT2D eigenvalue weighted by molar-refractivity contribution is 0.0966. The molecule has 1 amide bonds. The molecule has 1 aromatic rings. The molecule has 2 N–H and O–H groups in total. The Balaban J connectivity index is 1.99. The second-order valence-corrected chi connectivity index (χ2v) is 5.54. The number of hydrogen-bond acceptors (Lipinski definition) is 3. The van der Waals surface area contributed by atoms with Gasteiger partial charge in [-0.1, -0.05) is 0 Å². The maximum Gasteiger partial charge on any atom is 0.251 e. The number of benzene rings is 1. The summed E-state index contributed by atoms with van der Waals surface area (Å²) in [4.78, 5) is 14.0. The summed E-state index contributed by atoms with van der Waals surface area (Å²) in [5.41, 5.74) is 3.17. The predicted octanol–water partition coefficient (Wildman–Crippen LogP) is 0.944. The molecular weight excluding hydrogens is 329 g/mol. The number of carbonyl (C=O) groups excluding carboxylic acids is 1. The smallest absolute Gasteiger partial charge is 0.251 e. The van der Waals surface area contributed by atoms with E-state index in [1.54, 1.807) is 0 Å². The van der Waals surface area contributed by atoms with Gasteiger partial charge in [0.25, 0.3) is 5.91 Å². The molecule has 1 fully saturated rings. The van der Waals surface area contributed by atoms with Crippen LogP contribution in [0.25, 0.3) is 0 Å². The van der Waals surface area contributed by atoms with Gasteiger partial charge in [0, 0.05) is 41.9 Å². The summed E-state index contributed by atoms with van der Waals surface area (Å²) in [5.74, 6) is 0.0628. The van der Waals surface area contributed by atoms with Crippen LogP contribution in [0.5, 0.6) is 0 Å². The molecule has 0 radical (unpaired) electrons. The normalized spacial score (nSPS) is 19.1. The minimum Gasteiger partial charge on any atom is -0.368 e. The van der Waals surface area contributed by atoms with Crippen molar-refractivity contribution in [2.75, 3.05) is 31.1 Å². The molecule has 2 aliphatic rings.